The zero-order valence-corrected chi connectivity index (χ0v) is 11.3. The van der Waals surface area contributed by atoms with Crippen molar-refractivity contribution in [3.63, 3.8) is 0 Å². The van der Waals surface area contributed by atoms with Gasteiger partial charge in [0.1, 0.15) is 11.3 Å². The molecule has 0 saturated carbocycles. The molecule has 0 radical (unpaired) electrons. The van der Waals surface area contributed by atoms with Crippen LogP contribution >= 0.6 is 0 Å². The van der Waals surface area contributed by atoms with Crippen LogP contribution in [0.3, 0.4) is 0 Å². The number of nitrogens with two attached hydrogens (primary N) is 1. The number of ether oxygens (including phenoxy) is 2. The standard InChI is InChI=1S/C13H18N2O4/c1-4-18-13(17)10-7-9(14)5-6-11(10)19-8-12(16)15(2)3/h5-7H,4,8,14H2,1-3H3. The Bertz CT molecular complexity index is 472. The molecule has 0 aliphatic heterocycles. The third-order valence-corrected chi connectivity index (χ3v) is 2.35. The highest BCUT2D eigenvalue weighted by atomic mass is 16.5. The summed E-state index contributed by atoms with van der Waals surface area (Å²) in [6.45, 7) is 1.81. The highest BCUT2D eigenvalue weighted by molar-refractivity contribution is 5.93. The molecule has 0 bridgehead atoms. The summed E-state index contributed by atoms with van der Waals surface area (Å²) >= 11 is 0. The van der Waals surface area contributed by atoms with Crippen molar-refractivity contribution in [2.75, 3.05) is 33.0 Å². The maximum atomic E-state index is 11.7. The summed E-state index contributed by atoms with van der Waals surface area (Å²) in [7, 11) is 3.25. The van der Waals surface area contributed by atoms with E-state index in [-0.39, 0.29) is 30.4 Å². The average molecular weight is 266 g/mol. The number of benzene rings is 1. The van der Waals surface area contributed by atoms with Gasteiger partial charge in [0.05, 0.1) is 6.61 Å². The van der Waals surface area contributed by atoms with Crippen molar-refractivity contribution in [1.29, 1.82) is 0 Å². The Balaban J connectivity index is 2.88. The molecule has 2 N–H and O–H groups in total. The maximum absolute atomic E-state index is 11.7. The quantitative estimate of drug-likeness (QED) is 0.633. The topological polar surface area (TPSA) is 81.9 Å². The van der Waals surface area contributed by atoms with Gasteiger partial charge in [-0.15, -0.1) is 0 Å². The van der Waals surface area contributed by atoms with Gasteiger partial charge in [0.15, 0.2) is 6.61 Å². The van der Waals surface area contributed by atoms with E-state index in [1.54, 1.807) is 33.2 Å². The average Bonchev–Trinajstić information content (AvgIpc) is 2.36. The molecule has 1 aromatic rings. The Morgan fingerprint density at radius 1 is 1.32 bits per heavy atom. The first-order valence-electron chi connectivity index (χ1n) is 5.85. The molecule has 0 aliphatic rings. The molecule has 0 fully saturated rings. The van der Waals surface area contributed by atoms with Gasteiger partial charge in [-0.3, -0.25) is 4.79 Å². The zero-order valence-electron chi connectivity index (χ0n) is 11.3. The number of carbonyl (C=O) groups excluding carboxylic acids is 2. The molecule has 1 aromatic carbocycles. The fraction of sp³-hybridized carbons (Fsp3) is 0.385. The second kappa shape index (κ2) is 6.63. The molecule has 0 aliphatic carbocycles. The smallest absolute Gasteiger partial charge is 0.341 e. The van der Waals surface area contributed by atoms with Crippen LogP contribution in [-0.2, 0) is 9.53 Å². The lowest BCUT2D eigenvalue weighted by molar-refractivity contribution is -0.130. The number of amides is 1. The summed E-state index contributed by atoms with van der Waals surface area (Å²) < 4.78 is 10.2. The highest BCUT2D eigenvalue weighted by Crippen LogP contribution is 2.22. The summed E-state index contributed by atoms with van der Waals surface area (Å²) in [5, 5.41) is 0. The first-order chi connectivity index (χ1) is 8.95. The molecular weight excluding hydrogens is 248 g/mol. The minimum atomic E-state index is -0.526. The Hall–Kier alpha value is -2.24. The fourth-order valence-electron chi connectivity index (χ4n) is 1.31. The fourth-order valence-corrected chi connectivity index (χ4v) is 1.31. The van der Waals surface area contributed by atoms with Gasteiger partial charge in [0.25, 0.3) is 5.91 Å². The van der Waals surface area contributed by atoms with Crippen molar-refractivity contribution in [1.82, 2.24) is 4.90 Å². The van der Waals surface area contributed by atoms with E-state index < -0.39 is 5.97 Å². The first-order valence-corrected chi connectivity index (χ1v) is 5.85. The third kappa shape index (κ3) is 4.17. The Labute approximate surface area is 112 Å². The zero-order chi connectivity index (χ0) is 14.4. The van der Waals surface area contributed by atoms with Crippen LogP contribution in [0.25, 0.3) is 0 Å². The Morgan fingerprint density at radius 2 is 2.00 bits per heavy atom. The van der Waals surface area contributed by atoms with E-state index in [1.165, 1.54) is 11.0 Å². The van der Waals surface area contributed by atoms with Crippen LogP contribution < -0.4 is 10.5 Å². The Morgan fingerprint density at radius 3 is 2.58 bits per heavy atom. The van der Waals surface area contributed by atoms with Crippen LogP contribution in [0.15, 0.2) is 18.2 Å². The Kier molecular flexibility index (Phi) is 5.17. The molecule has 1 rings (SSSR count). The number of hydrogen-bond donors (Lipinski definition) is 1. The molecule has 0 heterocycles. The van der Waals surface area contributed by atoms with Crippen LogP contribution in [0, 0.1) is 0 Å². The SMILES string of the molecule is CCOC(=O)c1cc(N)ccc1OCC(=O)N(C)C. The van der Waals surface area contributed by atoms with Crippen molar-refractivity contribution < 1.29 is 19.1 Å². The van der Waals surface area contributed by atoms with Gasteiger partial charge in [-0.2, -0.15) is 0 Å². The number of esters is 1. The van der Waals surface area contributed by atoms with E-state index >= 15 is 0 Å². The van der Waals surface area contributed by atoms with Crippen LogP contribution in [-0.4, -0.2) is 44.1 Å². The number of hydrogen-bond acceptors (Lipinski definition) is 5. The molecule has 1 amide bonds. The minimum absolute atomic E-state index is 0.149. The number of nitrogen functional groups attached to an aromatic ring is 1. The van der Waals surface area contributed by atoms with E-state index in [0.717, 1.165) is 0 Å². The van der Waals surface area contributed by atoms with Gasteiger partial charge < -0.3 is 20.1 Å². The minimum Gasteiger partial charge on any atom is -0.483 e. The first kappa shape index (κ1) is 14.8. The lowest BCUT2D eigenvalue weighted by atomic mass is 10.2. The van der Waals surface area contributed by atoms with E-state index in [2.05, 4.69) is 0 Å². The number of carbonyl (C=O) groups is 2. The number of rotatable bonds is 5. The summed E-state index contributed by atoms with van der Waals surface area (Å²) in [5.41, 5.74) is 6.27. The van der Waals surface area contributed by atoms with Crippen molar-refractivity contribution >= 4 is 17.6 Å². The van der Waals surface area contributed by atoms with Crippen LogP contribution in [0.2, 0.25) is 0 Å². The normalized spacial score (nSPS) is 9.84. The molecule has 6 nitrogen and oxygen atoms in total. The largest absolute Gasteiger partial charge is 0.483 e. The molecule has 0 spiro atoms. The summed E-state index contributed by atoms with van der Waals surface area (Å²) in [6.07, 6.45) is 0. The molecule has 0 unspecified atom stereocenters. The monoisotopic (exact) mass is 266 g/mol. The van der Waals surface area contributed by atoms with E-state index in [4.69, 9.17) is 15.2 Å². The molecule has 19 heavy (non-hydrogen) atoms. The molecule has 6 heteroatoms. The van der Waals surface area contributed by atoms with Crippen LogP contribution in [0.5, 0.6) is 5.75 Å². The van der Waals surface area contributed by atoms with Gasteiger partial charge in [-0.1, -0.05) is 0 Å². The molecule has 0 aromatic heterocycles. The summed E-state index contributed by atoms with van der Waals surface area (Å²) in [5.74, 6) is -0.448. The number of nitrogens with zero attached hydrogens (tertiary/aromatic N) is 1. The van der Waals surface area contributed by atoms with E-state index in [9.17, 15) is 9.59 Å². The predicted octanol–water partition coefficient (Wildman–Crippen LogP) is 0.912. The van der Waals surface area contributed by atoms with Gasteiger partial charge in [0, 0.05) is 19.8 Å². The van der Waals surface area contributed by atoms with Gasteiger partial charge >= 0.3 is 5.97 Å². The third-order valence-electron chi connectivity index (χ3n) is 2.35. The van der Waals surface area contributed by atoms with E-state index in [1.807, 2.05) is 0 Å². The predicted molar refractivity (Wildman–Crippen MR) is 71.0 cm³/mol. The lowest BCUT2D eigenvalue weighted by Gasteiger charge is -2.13. The molecule has 0 atom stereocenters. The second-order valence-electron chi connectivity index (χ2n) is 4.05. The molecule has 104 valence electrons. The molecular formula is C13H18N2O4. The van der Waals surface area contributed by atoms with Gasteiger partial charge in [-0.05, 0) is 25.1 Å². The lowest BCUT2D eigenvalue weighted by Crippen LogP contribution is -2.27. The van der Waals surface area contributed by atoms with Crippen molar-refractivity contribution in [3.8, 4) is 5.75 Å². The summed E-state index contributed by atoms with van der Waals surface area (Å²) in [6, 6.07) is 4.61. The maximum Gasteiger partial charge on any atom is 0.341 e. The van der Waals surface area contributed by atoms with E-state index in [0.29, 0.717) is 5.69 Å². The highest BCUT2D eigenvalue weighted by Gasteiger charge is 2.15. The summed E-state index contributed by atoms with van der Waals surface area (Å²) in [4.78, 5) is 24.6. The van der Waals surface area contributed by atoms with Crippen LogP contribution in [0.4, 0.5) is 5.69 Å². The molecule has 0 saturated heterocycles. The second-order valence-corrected chi connectivity index (χ2v) is 4.05. The van der Waals surface area contributed by atoms with Crippen molar-refractivity contribution in [2.24, 2.45) is 0 Å². The van der Waals surface area contributed by atoms with Gasteiger partial charge in [0.2, 0.25) is 0 Å². The number of likely N-dealkylation sites (N-methyl/N-ethyl adjacent to an activating group) is 1. The van der Waals surface area contributed by atoms with Crippen LogP contribution in [0.1, 0.15) is 17.3 Å². The van der Waals surface area contributed by atoms with Crippen molar-refractivity contribution in [2.45, 2.75) is 6.92 Å². The number of anilines is 1. The van der Waals surface area contributed by atoms with Crippen molar-refractivity contribution in [3.05, 3.63) is 23.8 Å². The van der Waals surface area contributed by atoms with Gasteiger partial charge in [-0.25, -0.2) is 4.79 Å².